The fraction of sp³-hybridized carbons (Fsp3) is 0.500. The molecule has 0 bridgehead atoms. The van der Waals surface area contributed by atoms with Gasteiger partial charge in [0.25, 0.3) is 0 Å². The van der Waals surface area contributed by atoms with E-state index < -0.39 is 0 Å². The van der Waals surface area contributed by atoms with Gasteiger partial charge in [0, 0.05) is 19.4 Å². The Morgan fingerprint density at radius 1 is 1.14 bits per heavy atom. The second-order valence-electron chi connectivity index (χ2n) is 8.43. The molecule has 1 saturated carbocycles. The third kappa shape index (κ3) is 4.27. The predicted molar refractivity (Wildman–Crippen MR) is 118 cm³/mol. The second-order valence-corrected chi connectivity index (χ2v) is 9.43. The van der Waals surface area contributed by atoms with Gasteiger partial charge in [-0.25, -0.2) is 0 Å². The number of fused-ring (bicyclic) bond motifs is 1. The molecule has 2 aliphatic heterocycles. The Labute approximate surface area is 177 Å². The number of nitrogens with one attached hydrogen (secondary N) is 1. The zero-order valence-corrected chi connectivity index (χ0v) is 17.7. The zero-order chi connectivity index (χ0) is 19.8. The molecule has 0 amide bonds. The first-order chi connectivity index (χ1) is 14.2. The SMILES string of the molecule is CSC1CC(O)CC(c2ccc(C3CC3)c(Cc3ccc4c(c3)NCCO4)c2)O1. The molecule has 2 aromatic carbocycles. The molecule has 154 valence electrons. The summed E-state index contributed by atoms with van der Waals surface area (Å²) < 4.78 is 12.0. The molecule has 29 heavy (non-hydrogen) atoms. The molecule has 3 unspecified atom stereocenters. The van der Waals surface area contributed by atoms with E-state index in [9.17, 15) is 5.11 Å². The zero-order valence-electron chi connectivity index (χ0n) is 16.9. The summed E-state index contributed by atoms with van der Waals surface area (Å²) in [6.07, 6.45) is 6.63. The van der Waals surface area contributed by atoms with E-state index in [4.69, 9.17) is 9.47 Å². The van der Waals surface area contributed by atoms with Crippen LogP contribution in [0.1, 0.15) is 60.0 Å². The maximum absolute atomic E-state index is 10.3. The number of anilines is 1. The molecule has 1 aliphatic carbocycles. The number of aliphatic hydroxyl groups excluding tert-OH is 1. The Kier molecular flexibility index (Phi) is 5.46. The number of hydrogen-bond donors (Lipinski definition) is 2. The van der Waals surface area contributed by atoms with Crippen molar-refractivity contribution in [1.82, 2.24) is 0 Å². The lowest BCUT2D eigenvalue weighted by Gasteiger charge is -2.33. The average molecular weight is 412 g/mol. The van der Waals surface area contributed by atoms with Crippen LogP contribution in [-0.2, 0) is 11.2 Å². The van der Waals surface area contributed by atoms with E-state index in [1.165, 1.54) is 35.1 Å². The highest BCUT2D eigenvalue weighted by Gasteiger charge is 2.31. The highest BCUT2D eigenvalue weighted by molar-refractivity contribution is 7.99. The molecule has 1 saturated heterocycles. The minimum atomic E-state index is -0.288. The quantitative estimate of drug-likeness (QED) is 0.736. The van der Waals surface area contributed by atoms with E-state index >= 15 is 0 Å². The van der Waals surface area contributed by atoms with Crippen molar-refractivity contribution in [3.8, 4) is 5.75 Å². The van der Waals surface area contributed by atoms with E-state index in [1.807, 2.05) is 0 Å². The van der Waals surface area contributed by atoms with Gasteiger partial charge in [-0.2, -0.15) is 0 Å². The standard InChI is InChI=1S/C24H29NO3S/c1-29-24-14-19(26)13-23(28-24)17-5-6-20(16-3-4-16)18(12-17)10-15-2-7-22-21(11-15)25-8-9-27-22/h2,5-7,11-12,16,19,23-26H,3-4,8-10,13-14H2,1H3. The average Bonchev–Trinajstić information content (AvgIpc) is 3.58. The maximum atomic E-state index is 10.3. The van der Waals surface area contributed by atoms with Crippen LogP contribution in [0.15, 0.2) is 36.4 Å². The van der Waals surface area contributed by atoms with Crippen molar-refractivity contribution < 1.29 is 14.6 Å². The number of aliphatic hydroxyl groups is 1. The van der Waals surface area contributed by atoms with Crippen LogP contribution in [0.2, 0.25) is 0 Å². The van der Waals surface area contributed by atoms with E-state index in [0.717, 1.165) is 37.4 Å². The fourth-order valence-corrected chi connectivity index (χ4v) is 5.18. The molecule has 0 aromatic heterocycles. The fourth-order valence-electron chi connectivity index (χ4n) is 4.52. The van der Waals surface area contributed by atoms with Crippen LogP contribution in [0.4, 0.5) is 5.69 Å². The minimum Gasteiger partial charge on any atom is -0.490 e. The third-order valence-electron chi connectivity index (χ3n) is 6.20. The largest absolute Gasteiger partial charge is 0.490 e. The van der Waals surface area contributed by atoms with Gasteiger partial charge in [-0.15, -0.1) is 11.8 Å². The molecule has 0 spiro atoms. The van der Waals surface area contributed by atoms with Gasteiger partial charge in [0.15, 0.2) is 0 Å². The van der Waals surface area contributed by atoms with Crippen LogP contribution >= 0.6 is 11.8 Å². The Morgan fingerprint density at radius 3 is 2.86 bits per heavy atom. The second kappa shape index (κ2) is 8.21. The number of hydrogen-bond acceptors (Lipinski definition) is 5. The molecule has 5 rings (SSSR count). The van der Waals surface area contributed by atoms with Crippen molar-refractivity contribution in [1.29, 1.82) is 0 Å². The molecule has 0 radical (unpaired) electrons. The van der Waals surface area contributed by atoms with Gasteiger partial charge in [0.05, 0.1) is 17.9 Å². The van der Waals surface area contributed by atoms with Crippen molar-refractivity contribution >= 4 is 17.4 Å². The number of rotatable bonds is 5. The first-order valence-corrected chi connectivity index (χ1v) is 12.0. The van der Waals surface area contributed by atoms with Crippen LogP contribution in [0.25, 0.3) is 0 Å². The van der Waals surface area contributed by atoms with Crippen LogP contribution in [0, 0.1) is 0 Å². The van der Waals surface area contributed by atoms with Crippen LogP contribution < -0.4 is 10.1 Å². The van der Waals surface area contributed by atoms with E-state index in [2.05, 4.69) is 48.0 Å². The van der Waals surface area contributed by atoms with Crippen LogP contribution in [0.3, 0.4) is 0 Å². The van der Waals surface area contributed by atoms with E-state index in [-0.39, 0.29) is 17.6 Å². The lowest BCUT2D eigenvalue weighted by Crippen LogP contribution is -2.29. The summed E-state index contributed by atoms with van der Waals surface area (Å²) in [6.45, 7) is 1.59. The number of benzene rings is 2. The normalized spacial score (nSPS) is 26.3. The Morgan fingerprint density at radius 2 is 2.03 bits per heavy atom. The van der Waals surface area contributed by atoms with Crippen molar-refractivity contribution in [2.24, 2.45) is 0 Å². The van der Waals surface area contributed by atoms with Gasteiger partial charge >= 0.3 is 0 Å². The van der Waals surface area contributed by atoms with E-state index in [1.54, 1.807) is 11.8 Å². The third-order valence-corrected chi connectivity index (χ3v) is 7.03. The van der Waals surface area contributed by atoms with Gasteiger partial charge in [-0.05, 0) is 65.8 Å². The Bertz CT molecular complexity index is 882. The van der Waals surface area contributed by atoms with Crippen molar-refractivity contribution in [3.05, 3.63) is 58.7 Å². The molecular formula is C24H29NO3S. The molecule has 5 heteroatoms. The summed E-state index contributed by atoms with van der Waals surface area (Å²) in [6, 6.07) is 13.3. The molecular weight excluding hydrogens is 382 g/mol. The Balaban J connectivity index is 1.43. The van der Waals surface area contributed by atoms with Crippen molar-refractivity contribution in [3.63, 3.8) is 0 Å². The topological polar surface area (TPSA) is 50.7 Å². The number of thioether (sulfide) groups is 1. The monoisotopic (exact) mass is 411 g/mol. The molecule has 3 aliphatic rings. The van der Waals surface area contributed by atoms with Gasteiger partial charge in [-0.1, -0.05) is 24.3 Å². The first kappa shape index (κ1) is 19.3. The molecule has 2 fully saturated rings. The van der Waals surface area contributed by atoms with Crippen LogP contribution in [0.5, 0.6) is 5.75 Å². The molecule has 3 atom stereocenters. The molecule has 2 heterocycles. The van der Waals surface area contributed by atoms with E-state index in [0.29, 0.717) is 12.3 Å². The highest BCUT2D eigenvalue weighted by atomic mass is 32.2. The smallest absolute Gasteiger partial charge is 0.142 e. The summed E-state index contributed by atoms with van der Waals surface area (Å²) in [5.74, 6) is 1.65. The van der Waals surface area contributed by atoms with Crippen molar-refractivity contribution in [2.45, 2.75) is 55.7 Å². The minimum absolute atomic E-state index is 0.0261. The molecule has 2 N–H and O–H groups in total. The molecule has 2 aromatic rings. The summed E-state index contributed by atoms with van der Waals surface area (Å²) in [7, 11) is 0. The predicted octanol–water partition coefficient (Wildman–Crippen LogP) is 4.86. The van der Waals surface area contributed by atoms with Gasteiger partial charge in [-0.3, -0.25) is 0 Å². The summed E-state index contributed by atoms with van der Waals surface area (Å²) in [4.78, 5) is 0. The lowest BCUT2D eigenvalue weighted by atomic mass is 9.91. The summed E-state index contributed by atoms with van der Waals surface area (Å²) >= 11 is 1.68. The van der Waals surface area contributed by atoms with Crippen LogP contribution in [-0.4, -0.2) is 36.1 Å². The number of ether oxygens (including phenoxy) is 2. The summed E-state index contributed by atoms with van der Waals surface area (Å²) in [5, 5.41) is 13.7. The first-order valence-electron chi connectivity index (χ1n) is 10.7. The van der Waals surface area contributed by atoms with Gasteiger partial charge < -0.3 is 19.9 Å². The van der Waals surface area contributed by atoms with Gasteiger partial charge in [0.2, 0.25) is 0 Å². The van der Waals surface area contributed by atoms with Crippen molar-refractivity contribution in [2.75, 3.05) is 24.7 Å². The lowest BCUT2D eigenvalue weighted by molar-refractivity contribution is -0.0605. The highest BCUT2D eigenvalue weighted by Crippen LogP contribution is 2.44. The summed E-state index contributed by atoms with van der Waals surface area (Å²) in [5.41, 5.74) is 6.54. The Hall–Kier alpha value is -1.69. The maximum Gasteiger partial charge on any atom is 0.142 e. The molecule has 4 nitrogen and oxygen atoms in total. The van der Waals surface area contributed by atoms with Gasteiger partial charge in [0.1, 0.15) is 17.8 Å².